The van der Waals surface area contributed by atoms with Gasteiger partial charge in [-0.05, 0) is 18.8 Å². The van der Waals surface area contributed by atoms with Crippen molar-refractivity contribution in [3.05, 3.63) is 22.8 Å². The van der Waals surface area contributed by atoms with E-state index >= 15 is 0 Å². The van der Waals surface area contributed by atoms with E-state index in [0.717, 1.165) is 6.42 Å². The Hall–Kier alpha value is -2.27. The van der Waals surface area contributed by atoms with Crippen molar-refractivity contribution in [3.8, 4) is 0 Å². The number of alkyl halides is 3. The summed E-state index contributed by atoms with van der Waals surface area (Å²) in [5.74, 6) is 0.217. The monoisotopic (exact) mass is 457 g/mol. The molecule has 2 N–H and O–H groups in total. The van der Waals surface area contributed by atoms with Crippen LogP contribution in [-0.2, 0) is 39.9 Å². The Morgan fingerprint density at radius 1 is 1.31 bits per heavy atom. The van der Waals surface area contributed by atoms with E-state index in [0.29, 0.717) is 25.4 Å². The van der Waals surface area contributed by atoms with E-state index in [1.54, 1.807) is 4.90 Å². The fourth-order valence-electron chi connectivity index (χ4n) is 4.21. The van der Waals surface area contributed by atoms with Gasteiger partial charge in [0, 0.05) is 57.6 Å². The number of ether oxygens (including phenoxy) is 1. The van der Waals surface area contributed by atoms with Crippen LogP contribution in [0.3, 0.4) is 0 Å². The van der Waals surface area contributed by atoms with Gasteiger partial charge < -0.3 is 20.3 Å². The number of methoxy groups -OCH3 is 1. The highest BCUT2D eigenvalue weighted by atomic mass is 19.4. The second-order valence-electron chi connectivity index (χ2n) is 8.63. The van der Waals surface area contributed by atoms with Crippen molar-refractivity contribution in [1.29, 1.82) is 0 Å². The molecule has 8 nitrogen and oxygen atoms in total. The molecular weight excluding hydrogens is 427 g/mol. The number of fused-ring (bicyclic) bond motifs is 1. The van der Waals surface area contributed by atoms with Gasteiger partial charge in [-0.15, -0.1) is 0 Å². The molecule has 0 bridgehead atoms. The third kappa shape index (κ3) is 5.94. The largest absolute Gasteiger partial charge is 0.433 e. The highest BCUT2D eigenvalue weighted by Crippen LogP contribution is 2.34. The number of nitrogens with two attached hydrogens (primary N) is 1. The number of nitrogens with zero attached hydrogens (tertiary/aromatic N) is 4. The average Bonchev–Trinajstić information content (AvgIpc) is 2.73. The first-order chi connectivity index (χ1) is 15.1. The minimum Gasteiger partial charge on any atom is -0.384 e. The number of hydrogen-bond acceptors (Lipinski definition) is 6. The summed E-state index contributed by atoms with van der Waals surface area (Å²) in [5.41, 5.74) is 5.47. The molecule has 0 spiro atoms. The summed E-state index contributed by atoms with van der Waals surface area (Å²) in [6.07, 6.45) is -3.07. The van der Waals surface area contributed by atoms with Crippen LogP contribution >= 0.6 is 0 Å². The predicted molar refractivity (Wildman–Crippen MR) is 109 cm³/mol. The van der Waals surface area contributed by atoms with Crippen LogP contribution in [0.15, 0.2) is 0 Å². The van der Waals surface area contributed by atoms with E-state index in [2.05, 4.69) is 16.9 Å². The van der Waals surface area contributed by atoms with Crippen molar-refractivity contribution in [2.75, 3.05) is 33.4 Å². The Balaban J connectivity index is 1.68. The lowest BCUT2D eigenvalue weighted by Gasteiger charge is -2.34. The molecule has 0 unspecified atom stereocenters. The van der Waals surface area contributed by atoms with Crippen molar-refractivity contribution in [3.63, 3.8) is 0 Å². The molecule has 1 fully saturated rings. The quantitative estimate of drug-likeness (QED) is 0.667. The van der Waals surface area contributed by atoms with E-state index in [1.165, 1.54) is 12.0 Å². The Labute approximate surface area is 185 Å². The molecule has 1 aromatic heterocycles. The number of carbonyl (C=O) groups is 2. The molecule has 0 aliphatic carbocycles. The normalized spacial score (nSPS) is 20.3. The molecule has 0 radical (unpaired) electrons. The van der Waals surface area contributed by atoms with Gasteiger partial charge in [0.2, 0.25) is 11.8 Å². The average molecular weight is 457 g/mol. The highest BCUT2D eigenvalue weighted by molar-refractivity contribution is 5.78. The van der Waals surface area contributed by atoms with Gasteiger partial charge in [-0.3, -0.25) is 9.59 Å². The third-order valence-electron chi connectivity index (χ3n) is 5.89. The second kappa shape index (κ2) is 10.1. The van der Waals surface area contributed by atoms with Crippen molar-refractivity contribution in [2.24, 2.45) is 11.7 Å². The summed E-state index contributed by atoms with van der Waals surface area (Å²) < 4.78 is 45.5. The summed E-state index contributed by atoms with van der Waals surface area (Å²) in [6.45, 7) is 3.30. The van der Waals surface area contributed by atoms with Crippen LogP contribution in [-0.4, -0.2) is 71.0 Å². The number of carbonyl (C=O) groups excluding carboxylic acids is 2. The number of halogens is 3. The first-order valence-corrected chi connectivity index (χ1v) is 10.8. The van der Waals surface area contributed by atoms with Gasteiger partial charge in [0.05, 0.1) is 18.8 Å². The molecule has 1 aromatic rings. The fraction of sp³-hybridized carbons (Fsp3) is 0.714. The molecule has 2 aliphatic rings. The first kappa shape index (κ1) is 24.4. The molecule has 2 aliphatic heterocycles. The zero-order valence-electron chi connectivity index (χ0n) is 18.5. The Morgan fingerprint density at radius 2 is 2.06 bits per heavy atom. The molecule has 3 heterocycles. The van der Waals surface area contributed by atoms with Crippen LogP contribution in [0.1, 0.15) is 49.0 Å². The molecule has 0 saturated carbocycles. The Kier molecular flexibility index (Phi) is 7.71. The Morgan fingerprint density at radius 3 is 2.75 bits per heavy atom. The molecule has 0 aromatic carbocycles. The minimum absolute atomic E-state index is 0.0151. The lowest BCUT2D eigenvalue weighted by Crippen LogP contribution is -2.48. The number of likely N-dealkylation sites (tertiary alicyclic amines) is 1. The van der Waals surface area contributed by atoms with Crippen LogP contribution in [0, 0.1) is 5.92 Å². The zero-order valence-corrected chi connectivity index (χ0v) is 18.5. The van der Waals surface area contributed by atoms with Crippen molar-refractivity contribution in [1.82, 2.24) is 19.8 Å². The number of piperidine rings is 1. The predicted octanol–water partition coefficient (Wildman–Crippen LogP) is 1.54. The van der Waals surface area contributed by atoms with E-state index in [4.69, 9.17) is 10.5 Å². The lowest BCUT2D eigenvalue weighted by molar-refractivity contribution is -0.142. The van der Waals surface area contributed by atoms with Crippen LogP contribution < -0.4 is 5.73 Å². The smallest absolute Gasteiger partial charge is 0.384 e. The Bertz CT molecular complexity index is 849. The molecule has 1 saturated heterocycles. The van der Waals surface area contributed by atoms with Crippen LogP contribution in [0.25, 0.3) is 0 Å². The number of hydrogen-bond donors (Lipinski definition) is 1. The van der Waals surface area contributed by atoms with Gasteiger partial charge in [-0.25, -0.2) is 9.97 Å². The van der Waals surface area contributed by atoms with Crippen molar-refractivity contribution in [2.45, 2.75) is 57.8 Å². The summed E-state index contributed by atoms with van der Waals surface area (Å²) in [6, 6.07) is -0.536. The molecule has 2 amide bonds. The molecule has 2 atom stereocenters. The van der Waals surface area contributed by atoms with E-state index in [1.807, 2.05) is 0 Å². The second-order valence-corrected chi connectivity index (χ2v) is 8.63. The summed E-state index contributed by atoms with van der Waals surface area (Å²) in [5, 5.41) is 0. The van der Waals surface area contributed by atoms with Gasteiger partial charge in [-0.2, -0.15) is 13.2 Å². The maximum absolute atomic E-state index is 13.5. The van der Waals surface area contributed by atoms with E-state index in [-0.39, 0.29) is 67.9 Å². The fourth-order valence-corrected chi connectivity index (χ4v) is 4.21. The summed E-state index contributed by atoms with van der Waals surface area (Å²) in [7, 11) is 1.45. The highest BCUT2D eigenvalue weighted by Gasteiger charge is 2.39. The third-order valence-corrected chi connectivity index (χ3v) is 5.89. The van der Waals surface area contributed by atoms with Crippen molar-refractivity contribution < 1.29 is 27.5 Å². The van der Waals surface area contributed by atoms with Gasteiger partial charge in [0.1, 0.15) is 5.82 Å². The molecule has 3 rings (SSSR count). The molecule has 32 heavy (non-hydrogen) atoms. The first-order valence-electron chi connectivity index (χ1n) is 10.8. The van der Waals surface area contributed by atoms with E-state index in [9.17, 15) is 22.8 Å². The van der Waals surface area contributed by atoms with E-state index < -0.39 is 17.9 Å². The van der Waals surface area contributed by atoms with Gasteiger partial charge in [0.25, 0.3) is 0 Å². The minimum atomic E-state index is -4.60. The number of aromatic nitrogens is 2. The maximum atomic E-state index is 13.5. The standard InChI is InChI=1S/C21H30F3N5O3/c1-13-3-4-18(30)29(10-13)11-14(25)9-19(31)28-7-5-15-16(12-28)26-17(6-8-32-2)27-20(15)21(22,23)24/h13-14H,3-12,25H2,1-2H3/t13-,14-/m1/s1. The maximum Gasteiger partial charge on any atom is 0.433 e. The number of rotatable bonds is 7. The molecule has 178 valence electrons. The molecular formula is C21H30F3N5O3. The summed E-state index contributed by atoms with van der Waals surface area (Å²) >= 11 is 0. The lowest BCUT2D eigenvalue weighted by atomic mass is 9.98. The van der Waals surface area contributed by atoms with Crippen LogP contribution in [0.4, 0.5) is 13.2 Å². The van der Waals surface area contributed by atoms with Crippen molar-refractivity contribution >= 4 is 11.8 Å². The summed E-state index contributed by atoms with van der Waals surface area (Å²) in [4.78, 5) is 36.1. The van der Waals surface area contributed by atoms with Crippen LogP contribution in [0.5, 0.6) is 0 Å². The molecule has 11 heteroatoms. The van der Waals surface area contributed by atoms with Crippen LogP contribution in [0.2, 0.25) is 0 Å². The zero-order chi connectivity index (χ0) is 23.5. The number of amides is 2. The van der Waals surface area contributed by atoms with Gasteiger partial charge >= 0.3 is 6.18 Å². The SMILES string of the molecule is COCCc1nc2c(c(C(F)(F)F)n1)CCN(C(=O)C[C@@H](N)CN1C[C@H](C)CCC1=O)C2. The van der Waals surface area contributed by atoms with Gasteiger partial charge in [-0.1, -0.05) is 6.92 Å². The van der Waals surface area contributed by atoms with Gasteiger partial charge in [0.15, 0.2) is 5.69 Å². The topological polar surface area (TPSA) is 102 Å².